The molecule has 5 fully saturated rings. The van der Waals surface area contributed by atoms with E-state index in [-0.39, 0.29) is 6.10 Å². The van der Waals surface area contributed by atoms with Gasteiger partial charge in [-0.3, -0.25) is 0 Å². The summed E-state index contributed by atoms with van der Waals surface area (Å²) in [5.74, 6) is 4.48. The van der Waals surface area contributed by atoms with Crippen LogP contribution in [0.4, 0.5) is 0 Å². The summed E-state index contributed by atoms with van der Waals surface area (Å²) in [7, 11) is 0. The molecule has 0 amide bonds. The van der Waals surface area contributed by atoms with E-state index in [0.717, 1.165) is 55.8 Å². The minimum absolute atomic E-state index is 0.323. The van der Waals surface area contributed by atoms with E-state index in [4.69, 9.17) is 4.74 Å². The molecule has 1 aliphatic heterocycles. The Morgan fingerprint density at radius 1 is 0.958 bits per heavy atom. The van der Waals surface area contributed by atoms with Gasteiger partial charge in [0.25, 0.3) is 0 Å². The van der Waals surface area contributed by atoms with Gasteiger partial charge in [0.1, 0.15) is 0 Å². The zero-order valence-corrected chi connectivity index (χ0v) is 15.8. The Labute approximate surface area is 148 Å². The van der Waals surface area contributed by atoms with Crippen molar-refractivity contribution in [2.45, 2.75) is 64.9 Å². The predicted octanol–water partition coefficient (Wildman–Crippen LogP) is 3.56. The van der Waals surface area contributed by atoms with E-state index in [2.05, 4.69) is 18.7 Å². The lowest BCUT2D eigenvalue weighted by molar-refractivity contribution is -0.107. The molecule has 4 aliphatic carbocycles. The molecule has 0 aromatic heterocycles. The first-order valence-electron chi connectivity index (χ1n) is 10.5. The van der Waals surface area contributed by atoms with Crippen LogP contribution in [0.2, 0.25) is 0 Å². The van der Waals surface area contributed by atoms with Crippen LogP contribution in [-0.4, -0.2) is 49.0 Å². The maximum Gasteiger partial charge on any atom is 0.0900 e. The van der Waals surface area contributed by atoms with Crippen molar-refractivity contribution in [3.63, 3.8) is 0 Å². The monoisotopic (exact) mass is 335 g/mol. The summed E-state index contributed by atoms with van der Waals surface area (Å²) >= 11 is 0. The average Bonchev–Trinajstić information content (AvgIpc) is 2.44. The summed E-state index contributed by atoms with van der Waals surface area (Å²) in [6.45, 7) is 9.15. The van der Waals surface area contributed by atoms with Crippen LogP contribution in [0.1, 0.15) is 58.8 Å². The zero-order valence-electron chi connectivity index (χ0n) is 15.8. The minimum Gasteiger partial charge on any atom is -0.389 e. The van der Waals surface area contributed by atoms with E-state index < -0.39 is 0 Å². The fraction of sp³-hybridized carbons (Fsp3) is 1.00. The third-order valence-electron chi connectivity index (χ3n) is 7.30. The standard InChI is InChI=1S/C21H37NO2/c1-15-3-16(2)11-22(10-15)12-20(23)13-24-14-21-7-17-4-18(8-21)6-19(5-17)9-21/h15-20,23H,3-14H2,1-2H3/t15-,16-,17?,18?,19?,20+,21?/m1/s1. The highest BCUT2D eigenvalue weighted by Crippen LogP contribution is 2.60. The van der Waals surface area contributed by atoms with Gasteiger partial charge < -0.3 is 14.7 Å². The normalized spacial score (nSPS) is 46.4. The zero-order chi connectivity index (χ0) is 16.7. The van der Waals surface area contributed by atoms with Crippen molar-refractivity contribution >= 4 is 0 Å². The van der Waals surface area contributed by atoms with Crippen molar-refractivity contribution in [2.75, 3.05) is 32.8 Å². The van der Waals surface area contributed by atoms with Crippen molar-refractivity contribution in [3.8, 4) is 0 Å². The maximum atomic E-state index is 10.4. The van der Waals surface area contributed by atoms with Gasteiger partial charge in [-0.25, -0.2) is 0 Å². The van der Waals surface area contributed by atoms with Crippen LogP contribution in [0.25, 0.3) is 0 Å². The van der Waals surface area contributed by atoms with Gasteiger partial charge >= 0.3 is 0 Å². The second-order valence-corrected chi connectivity index (χ2v) is 10.3. The van der Waals surface area contributed by atoms with Crippen LogP contribution in [0, 0.1) is 35.0 Å². The molecule has 4 saturated carbocycles. The Hall–Kier alpha value is -0.120. The molecule has 1 saturated heterocycles. The number of rotatable bonds is 6. The Balaban J connectivity index is 1.21. The van der Waals surface area contributed by atoms with Crippen molar-refractivity contribution in [1.29, 1.82) is 0 Å². The molecule has 3 atom stereocenters. The third-order valence-corrected chi connectivity index (χ3v) is 7.30. The molecule has 1 N–H and O–H groups in total. The summed E-state index contributed by atoms with van der Waals surface area (Å²) in [4.78, 5) is 2.44. The van der Waals surface area contributed by atoms with E-state index >= 15 is 0 Å². The fourth-order valence-corrected chi connectivity index (χ4v) is 7.17. The van der Waals surface area contributed by atoms with Gasteiger partial charge in [0, 0.05) is 19.6 Å². The molecule has 5 aliphatic rings. The van der Waals surface area contributed by atoms with Crippen LogP contribution >= 0.6 is 0 Å². The first-order chi connectivity index (χ1) is 11.5. The summed E-state index contributed by atoms with van der Waals surface area (Å²) in [5, 5.41) is 10.4. The van der Waals surface area contributed by atoms with Crippen LogP contribution < -0.4 is 0 Å². The molecule has 24 heavy (non-hydrogen) atoms. The Kier molecular flexibility index (Phi) is 4.96. The molecule has 0 spiro atoms. The van der Waals surface area contributed by atoms with Crippen LogP contribution in [0.3, 0.4) is 0 Å². The summed E-state index contributed by atoms with van der Waals surface area (Å²) in [5.41, 5.74) is 0.475. The average molecular weight is 336 g/mol. The second-order valence-electron chi connectivity index (χ2n) is 10.3. The van der Waals surface area contributed by atoms with Crippen molar-refractivity contribution in [3.05, 3.63) is 0 Å². The summed E-state index contributed by atoms with van der Waals surface area (Å²) in [6, 6.07) is 0. The number of aliphatic hydroxyl groups is 1. The summed E-state index contributed by atoms with van der Waals surface area (Å²) < 4.78 is 6.10. The lowest BCUT2D eigenvalue weighted by atomic mass is 9.50. The Morgan fingerprint density at radius 3 is 2.04 bits per heavy atom. The number of hydrogen-bond acceptors (Lipinski definition) is 3. The number of β-amino-alcohol motifs (C(OH)–C–C–N with tert-alkyl or cyclic N) is 1. The molecule has 138 valence electrons. The highest BCUT2D eigenvalue weighted by atomic mass is 16.5. The molecule has 0 aromatic carbocycles. The van der Waals surface area contributed by atoms with E-state index in [1.807, 2.05) is 0 Å². The molecule has 0 aromatic rings. The molecule has 5 rings (SSSR count). The highest BCUT2D eigenvalue weighted by molar-refractivity contribution is 5.01. The number of ether oxygens (including phenoxy) is 1. The van der Waals surface area contributed by atoms with E-state index in [0.29, 0.717) is 12.0 Å². The van der Waals surface area contributed by atoms with Crippen LogP contribution in [0.5, 0.6) is 0 Å². The lowest BCUT2D eigenvalue weighted by Gasteiger charge is -2.56. The lowest BCUT2D eigenvalue weighted by Crippen LogP contribution is -2.48. The molecule has 3 nitrogen and oxygen atoms in total. The third kappa shape index (κ3) is 3.83. The topological polar surface area (TPSA) is 32.7 Å². The highest BCUT2D eigenvalue weighted by Gasteiger charge is 2.50. The number of likely N-dealkylation sites (tertiary alicyclic amines) is 1. The van der Waals surface area contributed by atoms with Gasteiger partial charge in [0.2, 0.25) is 0 Å². The van der Waals surface area contributed by atoms with Crippen molar-refractivity contribution in [1.82, 2.24) is 4.90 Å². The Morgan fingerprint density at radius 2 is 1.50 bits per heavy atom. The van der Waals surface area contributed by atoms with Gasteiger partial charge in [-0.15, -0.1) is 0 Å². The van der Waals surface area contributed by atoms with Gasteiger partial charge in [0.05, 0.1) is 19.3 Å². The molecule has 0 unspecified atom stereocenters. The van der Waals surface area contributed by atoms with E-state index in [1.54, 1.807) is 0 Å². The number of piperidine rings is 1. The molecular weight excluding hydrogens is 298 g/mol. The molecular formula is C21H37NO2. The molecule has 1 heterocycles. The van der Waals surface area contributed by atoms with Gasteiger partial charge in [0.15, 0.2) is 0 Å². The van der Waals surface area contributed by atoms with Gasteiger partial charge in [-0.05, 0) is 80.0 Å². The maximum absolute atomic E-state index is 10.4. The molecule has 3 heteroatoms. The molecule has 0 radical (unpaired) electrons. The SMILES string of the molecule is C[C@@H]1C[C@@H](C)CN(C[C@H](O)COCC23CC4CC(CC(C4)C2)C3)C1. The van der Waals surface area contributed by atoms with Gasteiger partial charge in [-0.2, -0.15) is 0 Å². The smallest absolute Gasteiger partial charge is 0.0900 e. The fourth-order valence-electron chi connectivity index (χ4n) is 7.17. The predicted molar refractivity (Wildman–Crippen MR) is 96.8 cm³/mol. The number of hydrogen-bond donors (Lipinski definition) is 1. The first kappa shape index (κ1) is 17.3. The van der Waals surface area contributed by atoms with E-state index in [9.17, 15) is 5.11 Å². The number of nitrogens with zero attached hydrogens (tertiary/aromatic N) is 1. The van der Waals surface area contributed by atoms with Crippen molar-refractivity contribution < 1.29 is 9.84 Å². The van der Waals surface area contributed by atoms with Gasteiger partial charge in [-0.1, -0.05) is 13.8 Å². The molecule has 4 bridgehead atoms. The van der Waals surface area contributed by atoms with E-state index in [1.165, 1.54) is 44.9 Å². The quantitative estimate of drug-likeness (QED) is 0.805. The number of aliphatic hydroxyl groups excluding tert-OH is 1. The largest absolute Gasteiger partial charge is 0.389 e. The minimum atomic E-state index is -0.323. The summed E-state index contributed by atoms with van der Waals surface area (Å²) in [6.07, 6.45) is 9.68. The van der Waals surface area contributed by atoms with Crippen LogP contribution in [0.15, 0.2) is 0 Å². The Bertz CT molecular complexity index is 392. The second kappa shape index (κ2) is 6.89. The first-order valence-corrected chi connectivity index (χ1v) is 10.5. The van der Waals surface area contributed by atoms with Crippen molar-refractivity contribution in [2.24, 2.45) is 35.0 Å². The van der Waals surface area contributed by atoms with Crippen LogP contribution in [-0.2, 0) is 4.74 Å².